The van der Waals surface area contributed by atoms with Crippen LogP contribution in [0.5, 0.6) is 0 Å². The molecule has 1 heterocycles. The number of rotatable bonds is 3. The number of hydrogen-bond acceptors (Lipinski definition) is 4. The largest absolute Gasteiger partial charge is 0.287 e. The Morgan fingerprint density at radius 1 is 1.29 bits per heavy atom. The number of ketones is 1. The van der Waals surface area contributed by atoms with Crippen LogP contribution in [0.4, 0.5) is 0 Å². The first-order valence-electron chi connectivity index (χ1n) is 5.77. The summed E-state index contributed by atoms with van der Waals surface area (Å²) >= 11 is 1.08. The predicted octanol–water partition coefficient (Wildman–Crippen LogP) is 3.04. The second-order valence-corrected chi connectivity index (χ2v) is 4.89. The predicted molar refractivity (Wildman–Crippen MR) is 66.4 cm³/mol. The summed E-state index contributed by atoms with van der Waals surface area (Å²) in [6.45, 7) is 0. The molecule has 0 bridgehead atoms. The Balaban J connectivity index is 1.99. The van der Waals surface area contributed by atoms with E-state index in [0.717, 1.165) is 17.3 Å². The highest BCUT2D eigenvalue weighted by Gasteiger charge is 2.25. The second-order valence-electron chi connectivity index (χ2n) is 4.34. The Labute approximate surface area is 104 Å². The lowest BCUT2D eigenvalue weighted by atomic mass is 9.77. The monoisotopic (exact) mass is 244 g/mol. The van der Waals surface area contributed by atoms with E-state index in [9.17, 15) is 4.79 Å². The van der Waals surface area contributed by atoms with Gasteiger partial charge < -0.3 is 0 Å². The quantitative estimate of drug-likeness (QED) is 0.779. The van der Waals surface area contributed by atoms with Crippen LogP contribution in [-0.4, -0.2) is 14.5 Å². The fourth-order valence-corrected chi connectivity index (χ4v) is 2.59. The van der Waals surface area contributed by atoms with E-state index in [1.165, 1.54) is 24.8 Å². The number of hydrogen-bond donors (Lipinski definition) is 0. The fraction of sp³-hybridized carbons (Fsp3) is 0.308. The fourth-order valence-electron chi connectivity index (χ4n) is 2.18. The molecule has 86 valence electrons. The molecule has 17 heavy (non-hydrogen) atoms. The van der Waals surface area contributed by atoms with Gasteiger partial charge in [-0.05, 0) is 24.3 Å². The van der Waals surface area contributed by atoms with E-state index in [0.29, 0.717) is 11.6 Å². The number of carbonyl (C=O) groups is 1. The van der Waals surface area contributed by atoms with E-state index < -0.39 is 0 Å². The van der Waals surface area contributed by atoms with Gasteiger partial charge in [-0.1, -0.05) is 30.7 Å². The highest BCUT2D eigenvalue weighted by atomic mass is 32.1. The first-order chi connectivity index (χ1) is 8.36. The molecule has 0 spiro atoms. The van der Waals surface area contributed by atoms with Crippen molar-refractivity contribution in [2.24, 2.45) is 0 Å². The zero-order chi connectivity index (χ0) is 11.7. The lowest BCUT2D eigenvalue weighted by Crippen LogP contribution is -2.14. The molecule has 1 aliphatic carbocycles. The molecule has 0 atom stereocenters. The molecule has 1 saturated carbocycles. The third-order valence-electron chi connectivity index (χ3n) is 3.34. The second kappa shape index (κ2) is 4.37. The molecule has 0 radical (unpaired) electrons. The van der Waals surface area contributed by atoms with Gasteiger partial charge in [-0.2, -0.15) is 8.75 Å². The third kappa shape index (κ3) is 1.89. The third-order valence-corrected chi connectivity index (χ3v) is 3.82. The highest BCUT2D eigenvalue weighted by Crippen LogP contribution is 2.38. The molecule has 1 fully saturated rings. The number of aromatic nitrogens is 2. The molecule has 0 aliphatic heterocycles. The molecule has 1 aliphatic rings. The van der Waals surface area contributed by atoms with Crippen molar-refractivity contribution in [1.29, 1.82) is 0 Å². The minimum absolute atomic E-state index is 0.00116. The summed E-state index contributed by atoms with van der Waals surface area (Å²) in [5.41, 5.74) is 2.43. The average molecular weight is 244 g/mol. The molecule has 0 amide bonds. The van der Waals surface area contributed by atoms with Gasteiger partial charge in [0, 0.05) is 5.56 Å². The number of carbonyl (C=O) groups excluding carboxylic acids is 1. The molecule has 0 unspecified atom stereocenters. The summed E-state index contributed by atoms with van der Waals surface area (Å²) in [5, 5.41) is 0. The molecule has 1 aromatic heterocycles. The van der Waals surface area contributed by atoms with Crippen LogP contribution in [0.15, 0.2) is 30.5 Å². The van der Waals surface area contributed by atoms with Crippen LogP contribution in [0.2, 0.25) is 0 Å². The average Bonchev–Trinajstić information content (AvgIpc) is 2.80. The summed E-state index contributed by atoms with van der Waals surface area (Å²) in [7, 11) is 0. The number of benzene rings is 1. The van der Waals surface area contributed by atoms with Crippen LogP contribution < -0.4 is 0 Å². The molecule has 0 N–H and O–H groups in total. The maximum absolute atomic E-state index is 12.3. The van der Waals surface area contributed by atoms with Crippen molar-refractivity contribution >= 4 is 17.5 Å². The van der Waals surface area contributed by atoms with Crippen LogP contribution >= 0.6 is 11.7 Å². The van der Waals surface area contributed by atoms with Crippen LogP contribution in [0.3, 0.4) is 0 Å². The molecule has 3 rings (SSSR count). The summed E-state index contributed by atoms with van der Waals surface area (Å²) in [4.78, 5) is 12.3. The highest BCUT2D eigenvalue weighted by molar-refractivity contribution is 6.99. The Hall–Kier alpha value is -1.55. The summed E-state index contributed by atoms with van der Waals surface area (Å²) in [5.74, 6) is 0.558. The molecule has 2 aromatic rings. The van der Waals surface area contributed by atoms with Gasteiger partial charge in [0.15, 0.2) is 0 Å². The molecule has 1 aromatic carbocycles. The van der Waals surface area contributed by atoms with Crippen molar-refractivity contribution in [3.8, 4) is 0 Å². The van der Waals surface area contributed by atoms with E-state index in [4.69, 9.17) is 0 Å². The molecule has 0 saturated heterocycles. The maximum Gasteiger partial charge on any atom is 0.214 e. The number of nitrogens with zero attached hydrogens (tertiary/aromatic N) is 2. The Kier molecular flexibility index (Phi) is 2.73. The van der Waals surface area contributed by atoms with Gasteiger partial charge in [-0.15, -0.1) is 0 Å². The van der Waals surface area contributed by atoms with E-state index in [-0.39, 0.29) is 5.78 Å². The van der Waals surface area contributed by atoms with Gasteiger partial charge in [0.25, 0.3) is 0 Å². The lowest BCUT2D eigenvalue weighted by molar-refractivity contribution is 0.103. The zero-order valence-electron chi connectivity index (χ0n) is 9.30. The molecule has 3 nitrogen and oxygen atoms in total. The van der Waals surface area contributed by atoms with E-state index in [1.54, 1.807) is 6.20 Å². The zero-order valence-corrected chi connectivity index (χ0v) is 10.1. The van der Waals surface area contributed by atoms with Crippen LogP contribution in [0.25, 0.3) is 0 Å². The summed E-state index contributed by atoms with van der Waals surface area (Å²) in [6.07, 6.45) is 5.20. The minimum atomic E-state index is 0.00116. The van der Waals surface area contributed by atoms with Crippen LogP contribution in [0, 0.1) is 0 Å². The summed E-state index contributed by atoms with van der Waals surface area (Å²) < 4.78 is 7.90. The van der Waals surface area contributed by atoms with Gasteiger partial charge in [0.1, 0.15) is 5.69 Å². The van der Waals surface area contributed by atoms with Gasteiger partial charge in [-0.3, -0.25) is 4.79 Å². The van der Waals surface area contributed by atoms with Crippen LogP contribution in [0.1, 0.15) is 46.8 Å². The standard InChI is InChI=1S/C13H12N2OS/c16-13(12-8-14-17-15-12)11-7-2-1-6-10(11)9-4-3-5-9/h1-2,6-9H,3-5H2. The Bertz CT molecular complexity index is 532. The molecular formula is C13H12N2OS. The smallest absolute Gasteiger partial charge is 0.214 e. The van der Waals surface area contributed by atoms with Gasteiger partial charge >= 0.3 is 0 Å². The molecule has 4 heteroatoms. The first kappa shape index (κ1) is 10.6. The van der Waals surface area contributed by atoms with Gasteiger partial charge in [0.2, 0.25) is 5.78 Å². The maximum atomic E-state index is 12.3. The van der Waals surface area contributed by atoms with Crippen molar-refractivity contribution < 1.29 is 4.79 Å². The van der Waals surface area contributed by atoms with Crippen molar-refractivity contribution in [3.63, 3.8) is 0 Å². The van der Waals surface area contributed by atoms with E-state index in [2.05, 4.69) is 14.8 Å². The normalized spacial score (nSPS) is 15.5. The molecular weight excluding hydrogens is 232 g/mol. The minimum Gasteiger partial charge on any atom is -0.287 e. The van der Waals surface area contributed by atoms with Crippen molar-refractivity contribution in [1.82, 2.24) is 8.75 Å². The van der Waals surface area contributed by atoms with Crippen LogP contribution in [-0.2, 0) is 0 Å². The van der Waals surface area contributed by atoms with Crippen molar-refractivity contribution in [2.75, 3.05) is 0 Å². The van der Waals surface area contributed by atoms with E-state index in [1.807, 2.05) is 18.2 Å². The van der Waals surface area contributed by atoms with E-state index >= 15 is 0 Å². The topological polar surface area (TPSA) is 42.9 Å². The summed E-state index contributed by atoms with van der Waals surface area (Å²) in [6, 6.07) is 7.88. The first-order valence-corrected chi connectivity index (χ1v) is 6.50. The van der Waals surface area contributed by atoms with Crippen molar-refractivity contribution in [2.45, 2.75) is 25.2 Å². The Morgan fingerprint density at radius 2 is 2.12 bits per heavy atom. The Morgan fingerprint density at radius 3 is 2.76 bits per heavy atom. The van der Waals surface area contributed by atoms with Gasteiger partial charge in [0.05, 0.1) is 17.9 Å². The lowest BCUT2D eigenvalue weighted by Gasteiger charge is -2.27. The van der Waals surface area contributed by atoms with Gasteiger partial charge in [-0.25, -0.2) is 0 Å². The SMILES string of the molecule is O=C(c1cnsn1)c1ccccc1C1CCC1. The van der Waals surface area contributed by atoms with Crippen molar-refractivity contribution in [3.05, 3.63) is 47.3 Å².